The van der Waals surface area contributed by atoms with Crippen molar-refractivity contribution in [2.75, 3.05) is 34.4 Å². The molecule has 0 saturated carbocycles. The summed E-state index contributed by atoms with van der Waals surface area (Å²) in [5, 5.41) is 0. The van der Waals surface area contributed by atoms with Crippen LogP contribution >= 0.6 is 0 Å². The van der Waals surface area contributed by atoms with Crippen molar-refractivity contribution in [1.29, 1.82) is 0 Å². The molecular weight excluding hydrogens is 232 g/mol. The number of hydrogen-bond donors (Lipinski definition) is 1. The first-order chi connectivity index (χ1) is 8.63. The highest BCUT2D eigenvalue weighted by molar-refractivity contribution is 5.93. The molecule has 1 N–H and O–H groups in total. The van der Waals surface area contributed by atoms with E-state index in [1.165, 1.54) is 0 Å². The van der Waals surface area contributed by atoms with E-state index in [1.807, 2.05) is 26.2 Å². The van der Waals surface area contributed by atoms with Crippen LogP contribution in [0.25, 0.3) is 0 Å². The summed E-state index contributed by atoms with van der Waals surface area (Å²) in [6.45, 7) is 1.63. The van der Waals surface area contributed by atoms with E-state index in [0.717, 1.165) is 12.1 Å². The Morgan fingerprint density at radius 2 is 1.89 bits per heavy atom. The van der Waals surface area contributed by atoms with Gasteiger partial charge in [0.05, 0.1) is 13.2 Å². The van der Waals surface area contributed by atoms with Gasteiger partial charge in [0, 0.05) is 19.2 Å². The predicted molar refractivity (Wildman–Crippen MR) is 69.1 cm³/mol. The van der Waals surface area contributed by atoms with Crippen molar-refractivity contribution in [3.05, 3.63) is 35.4 Å². The summed E-state index contributed by atoms with van der Waals surface area (Å²) in [6.07, 6.45) is 0. The number of carbonyl (C=O) groups excluding carboxylic acids is 1. The molecule has 5 heteroatoms. The number of carbonyl (C=O) groups is 1. The van der Waals surface area contributed by atoms with Gasteiger partial charge in [-0.3, -0.25) is 9.63 Å². The van der Waals surface area contributed by atoms with Crippen LogP contribution in [0.2, 0.25) is 0 Å². The monoisotopic (exact) mass is 252 g/mol. The van der Waals surface area contributed by atoms with Crippen molar-refractivity contribution < 1.29 is 14.4 Å². The first-order valence-corrected chi connectivity index (χ1v) is 5.78. The number of nitrogens with zero attached hydrogens (tertiary/aromatic N) is 1. The smallest absolute Gasteiger partial charge is 0.274 e. The van der Waals surface area contributed by atoms with E-state index < -0.39 is 0 Å². The Balaban J connectivity index is 2.43. The Bertz CT molecular complexity index is 363. The Morgan fingerprint density at radius 1 is 1.22 bits per heavy atom. The highest BCUT2D eigenvalue weighted by Crippen LogP contribution is 2.06. The molecule has 0 aliphatic rings. The lowest BCUT2D eigenvalue weighted by Crippen LogP contribution is -2.25. The Kier molecular flexibility index (Phi) is 6.35. The van der Waals surface area contributed by atoms with Gasteiger partial charge in [-0.15, -0.1) is 0 Å². The molecule has 0 saturated heterocycles. The minimum atomic E-state index is -0.248. The lowest BCUT2D eigenvalue weighted by molar-refractivity contribution is 0.00889. The van der Waals surface area contributed by atoms with Crippen molar-refractivity contribution in [3.8, 4) is 0 Å². The van der Waals surface area contributed by atoms with Crippen LogP contribution in [-0.2, 0) is 16.1 Å². The van der Waals surface area contributed by atoms with Crippen LogP contribution in [0.15, 0.2) is 24.3 Å². The lowest BCUT2D eigenvalue weighted by atomic mass is 10.1. The van der Waals surface area contributed by atoms with Gasteiger partial charge in [0.15, 0.2) is 0 Å². The molecule has 0 spiro atoms. The van der Waals surface area contributed by atoms with Crippen LogP contribution in [0, 0.1) is 0 Å². The van der Waals surface area contributed by atoms with Gasteiger partial charge >= 0.3 is 0 Å². The Morgan fingerprint density at radius 3 is 2.44 bits per heavy atom. The quantitative estimate of drug-likeness (QED) is 0.582. The van der Waals surface area contributed by atoms with E-state index in [4.69, 9.17) is 9.57 Å². The van der Waals surface area contributed by atoms with Crippen molar-refractivity contribution in [2.45, 2.75) is 6.54 Å². The van der Waals surface area contributed by atoms with E-state index in [0.29, 0.717) is 18.8 Å². The zero-order valence-electron chi connectivity index (χ0n) is 11.1. The first-order valence-electron chi connectivity index (χ1n) is 5.78. The van der Waals surface area contributed by atoms with Gasteiger partial charge in [-0.05, 0) is 31.8 Å². The molecule has 5 nitrogen and oxygen atoms in total. The summed E-state index contributed by atoms with van der Waals surface area (Å²) >= 11 is 0. The maximum Gasteiger partial charge on any atom is 0.274 e. The number of rotatable bonds is 7. The minimum Gasteiger partial charge on any atom is -0.382 e. The third kappa shape index (κ3) is 5.27. The molecule has 0 radical (unpaired) electrons. The normalized spacial score (nSPS) is 10.7. The highest BCUT2D eigenvalue weighted by Gasteiger charge is 2.05. The molecule has 0 bridgehead atoms. The van der Waals surface area contributed by atoms with Crippen molar-refractivity contribution in [3.63, 3.8) is 0 Å². The van der Waals surface area contributed by atoms with Gasteiger partial charge < -0.3 is 9.64 Å². The standard InChI is InChI=1S/C13H20N2O3/c1-15(2)10-11-4-6-12(7-5-11)13(16)14-18-9-8-17-3/h4-7H,8-10H2,1-3H3,(H,14,16). The third-order valence-corrected chi connectivity index (χ3v) is 2.27. The molecule has 1 amide bonds. The fraction of sp³-hybridized carbons (Fsp3) is 0.462. The second kappa shape index (κ2) is 7.81. The maximum atomic E-state index is 11.7. The van der Waals surface area contributed by atoms with Gasteiger partial charge in [0.2, 0.25) is 0 Å². The predicted octanol–water partition coefficient (Wildman–Crippen LogP) is 1.06. The average molecular weight is 252 g/mol. The van der Waals surface area contributed by atoms with Crippen molar-refractivity contribution >= 4 is 5.91 Å². The van der Waals surface area contributed by atoms with Gasteiger partial charge in [0.25, 0.3) is 5.91 Å². The molecule has 1 aromatic carbocycles. The summed E-state index contributed by atoms with van der Waals surface area (Å²) in [4.78, 5) is 18.7. The zero-order valence-corrected chi connectivity index (χ0v) is 11.1. The second-order valence-electron chi connectivity index (χ2n) is 4.21. The molecule has 0 aliphatic heterocycles. The highest BCUT2D eigenvalue weighted by atomic mass is 16.7. The molecule has 0 atom stereocenters. The average Bonchev–Trinajstić information content (AvgIpc) is 2.34. The fourth-order valence-corrected chi connectivity index (χ4v) is 1.43. The van der Waals surface area contributed by atoms with E-state index in [-0.39, 0.29) is 5.91 Å². The number of amides is 1. The van der Waals surface area contributed by atoms with Gasteiger partial charge in [-0.25, -0.2) is 5.48 Å². The van der Waals surface area contributed by atoms with Crippen LogP contribution in [0.4, 0.5) is 0 Å². The summed E-state index contributed by atoms with van der Waals surface area (Å²) in [5.41, 5.74) is 4.11. The molecule has 0 unspecified atom stereocenters. The Labute approximate surface area is 108 Å². The second-order valence-corrected chi connectivity index (χ2v) is 4.21. The zero-order chi connectivity index (χ0) is 13.4. The van der Waals surface area contributed by atoms with Gasteiger partial charge in [0.1, 0.15) is 0 Å². The summed E-state index contributed by atoms with van der Waals surface area (Å²) < 4.78 is 4.80. The van der Waals surface area contributed by atoms with E-state index >= 15 is 0 Å². The number of ether oxygens (including phenoxy) is 1. The van der Waals surface area contributed by atoms with E-state index in [1.54, 1.807) is 19.2 Å². The van der Waals surface area contributed by atoms with Gasteiger partial charge in [-0.2, -0.15) is 0 Å². The molecule has 1 aromatic rings. The fourth-order valence-electron chi connectivity index (χ4n) is 1.43. The van der Waals surface area contributed by atoms with Crippen LogP contribution in [0.1, 0.15) is 15.9 Å². The van der Waals surface area contributed by atoms with Crippen LogP contribution in [0.3, 0.4) is 0 Å². The summed E-state index contributed by atoms with van der Waals surface area (Å²) in [5.74, 6) is -0.248. The SMILES string of the molecule is COCCONC(=O)c1ccc(CN(C)C)cc1. The summed E-state index contributed by atoms with van der Waals surface area (Å²) in [6, 6.07) is 7.44. The van der Waals surface area contributed by atoms with E-state index in [9.17, 15) is 4.79 Å². The maximum absolute atomic E-state index is 11.7. The molecule has 18 heavy (non-hydrogen) atoms. The van der Waals surface area contributed by atoms with Crippen molar-refractivity contribution in [2.24, 2.45) is 0 Å². The molecule has 0 heterocycles. The minimum absolute atomic E-state index is 0.248. The first kappa shape index (κ1) is 14.6. The van der Waals surface area contributed by atoms with Gasteiger partial charge in [-0.1, -0.05) is 12.1 Å². The van der Waals surface area contributed by atoms with E-state index in [2.05, 4.69) is 10.4 Å². The van der Waals surface area contributed by atoms with Crippen LogP contribution in [0.5, 0.6) is 0 Å². The topological polar surface area (TPSA) is 50.8 Å². The molecule has 0 fully saturated rings. The lowest BCUT2D eigenvalue weighted by Gasteiger charge is -2.10. The van der Waals surface area contributed by atoms with Crippen LogP contribution < -0.4 is 5.48 Å². The van der Waals surface area contributed by atoms with Crippen molar-refractivity contribution in [1.82, 2.24) is 10.4 Å². The molecule has 0 aliphatic carbocycles. The third-order valence-electron chi connectivity index (χ3n) is 2.27. The molecule has 0 aromatic heterocycles. The number of benzene rings is 1. The molecule has 100 valence electrons. The largest absolute Gasteiger partial charge is 0.382 e. The Hall–Kier alpha value is -1.43. The molecular formula is C13H20N2O3. The van der Waals surface area contributed by atoms with Crippen LogP contribution in [-0.4, -0.2) is 45.2 Å². The number of hydrogen-bond acceptors (Lipinski definition) is 4. The number of nitrogens with one attached hydrogen (secondary N) is 1. The molecule has 1 rings (SSSR count). The summed E-state index contributed by atoms with van der Waals surface area (Å²) in [7, 11) is 5.59. The number of hydroxylamine groups is 1. The number of methoxy groups -OCH3 is 1.